The Morgan fingerprint density at radius 2 is 2.40 bits per heavy atom. The SMILES string of the molecule is CC(CO)CCCNCc1cn(C)nn1. The van der Waals surface area contributed by atoms with Crippen LogP contribution in [-0.2, 0) is 13.6 Å². The lowest BCUT2D eigenvalue weighted by atomic mass is 10.1. The number of aryl methyl sites for hydroxylation is 1. The first-order valence-corrected chi connectivity index (χ1v) is 5.39. The first-order valence-electron chi connectivity index (χ1n) is 5.39. The van der Waals surface area contributed by atoms with E-state index < -0.39 is 0 Å². The second kappa shape index (κ2) is 6.53. The summed E-state index contributed by atoms with van der Waals surface area (Å²) in [6.07, 6.45) is 4.05. The van der Waals surface area contributed by atoms with E-state index in [1.165, 1.54) is 0 Å². The van der Waals surface area contributed by atoms with Gasteiger partial charge >= 0.3 is 0 Å². The molecule has 0 fully saturated rings. The van der Waals surface area contributed by atoms with Gasteiger partial charge in [0.05, 0.1) is 5.69 Å². The molecule has 0 spiro atoms. The number of hydrogen-bond acceptors (Lipinski definition) is 4. The number of nitrogens with zero attached hydrogens (tertiary/aromatic N) is 3. The molecule has 0 aliphatic rings. The van der Waals surface area contributed by atoms with E-state index in [0.29, 0.717) is 5.92 Å². The number of rotatable bonds is 7. The molecule has 1 rings (SSSR count). The zero-order chi connectivity index (χ0) is 11.1. The van der Waals surface area contributed by atoms with Crippen molar-refractivity contribution in [1.82, 2.24) is 20.3 Å². The van der Waals surface area contributed by atoms with Crippen LogP contribution in [0.2, 0.25) is 0 Å². The zero-order valence-corrected chi connectivity index (χ0v) is 9.48. The van der Waals surface area contributed by atoms with Gasteiger partial charge in [-0.1, -0.05) is 12.1 Å². The van der Waals surface area contributed by atoms with Gasteiger partial charge in [-0.3, -0.25) is 4.68 Å². The largest absolute Gasteiger partial charge is 0.396 e. The molecule has 15 heavy (non-hydrogen) atoms. The van der Waals surface area contributed by atoms with E-state index in [-0.39, 0.29) is 6.61 Å². The maximum absolute atomic E-state index is 8.83. The highest BCUT2D eigenvalue weighted by molar-refractivity contribution is 4.90. The monoisotopic (exact) mass is 212 g/mol. The Balaban J connectivity index is 2.02. The van der Waals surface area contributed by atoms with Crippen molar-refractivity contribution in [2.75, 3.05) is 13.2 Å². The van der Waals surface area contributed by atoms with E-state index in [9.17, 15) is 0 Å². The molecule has 2 N–H and O–H groups in total. The molecule has 0 aromatic carbocycles. The van der Waals surface area contributed by atoms with Crippen LogP contribution in [0.3, 0.4) is 0 Å². The van der Waals surface area contributed by atoms with Crippen molar-refractivity contribution in [3.8, 4) is 0 Å². The third-order valence-electron chi connectivity index (χ3n) is 2.32. The summed E-state index contributed by atoms with van der Waals surface area (Å²) in [6, 6.07) is 0. The summed E-state index contributed by atoms with van der Waals surface area (Å²) in [5, 5.41) is 20.0. The van der Waals surface area contributed by atoms with Crippen LogP contribution in [0.5, 0.6) is 0 Å². The summed E-state index contributed by atoms with van der Waals surface area (Å²) in [4.78, 5) is 0. The molecule has 1 unspecified atom stereocenters. The molecule has 0 amide bonds. The van der Waals surface area contributed by atoms with Crippen molar-refractivity contribution < 1.29 is 5.11 Å². The van der Waals surface area contributed by atoms with Gasteiger partial charge in [0.25, 0.3) is 0 Å². The Hall–Kier alpha value is -0.940. The second-order valence-corrected chi connectivity index (χ2v) is 3.99. The zero-order valence-electron chi connectivity index (χ0n) is 9.48. The van der Waals surface area contributed by atoms with E-state index in [1.54, 1.807) is 4.68 Å². The van der Waals surface area contributed by atoms with Gasteiger partial charge in [0, 0.05) is 26.4 Å². The number of aliphatic hydroxyl groups is 1. The maximum Gasteiger partial charge on any atom is 0.0964 e. The van der Waals surface area contributed by atoms with E-state index >= 15 is 0 Å². The molecule has 1 atom stereocenters. The van der Waals surface area contributed by atoms with Gasteiger partial charge < -0.3 is 10.4 Å². The summed E-state index contributed by atoms with van der Waals surface area (Å²) < 4.78 is 1.70. The molecular weight excluding hydrogens is 192 g/mol. The molecule has 0 saturated heterocycles. The fourth-order valence-corrected chi connectivity index (χ4v) is 1.36. The van der Waals surface area contributed by atoms with Gasteiger partial charge in [-0.05, 0) is 25.3 Å². The number of hydrogen-bond donors (Lipinski definition) is 2. The summed E-state index contributed by atoms with van der Waals surface area (Å²) in [5.41, 5.74) is 0.965. The lowest BCUT2D eigenvalue weighted by molar-refractivity contribution is 0.228. The van der Waals surface area contributed by atoms with Crippen molar-refractivity contribution in [2.24, 2.45) is 13.0 Å². The van der Waals surface area contributed by atoms with Gasteiger partial charge in [0.15, 0.2) is 0 Å². The van der Waals surface area contributed by atoms with Crippen LogP contribution < -0.4 is 5.32 Å². The summed E-state index contributed by atoms with van der Waals surface area (Å²) in [7, 11) is 1.86. The Bertz CT molecular complexity index is 274. The van der Waals surface area contributed by atoms with Crippen molar-refractivity contribution in [1.29, 1.82) is 0 Å². The van der Waals surface area contributed by atoms with Gasteiger partial charge in [0.1, 0.15) is 0 Å². The Labute approximate surface area is 90.5 Å². The molecule has 0 saturated carbocycles. The first-order chi connectivity index (χ1) is 7.22. The molecular formula is C10H20N4O. The Kier molecular flexibility index (Phi) is 5.28. The molecule has 5 nitrogen and oxygen atoms in total. The highest BCUT2D eigenvalue weighted by Gasteiger charge is 2.00. The number of nitrogens with one attached hydrogen (secondary N) is 1. The molecule has 0 aliphatic carbocycles. The predicted molar refractivity (Wildman–Crippen MR) is 58.2 cm³/mol. The Morgan fingerprint density at radius 3 is 3.00 bits per heavy atom. The summed E-state index contributed by atoms with van der Waals surface area (Å²) in [6.45, 7) is 4.06. The average Bonchev–Trinajstić information content (AvgIpc) is 2.63. The van der Waals surface area contributed by atoms with Crippen molar-refractivity contribution in [3.05, 3.63) is 11.9 Å². The lowest BCUT2D eigenvalue weighted by Crippen LogP contribution is -2.16. The van der Waals surface area contributed by atoms with Crippen molar-refractivity contribution in [2.45, 2.75) is 26.3 Å². The first kappa shape index (κ1) is 12.1. The number of aromatic nitrogens is 3. The third kappa shape index (κ3) is 4.90. The van der Waals surface area contributed by atoms with Crippen LogP contribution in [0.25, 0.3) is 0 Å². The van der Waals surface area contributed by atoms with Crippen molar-refractivity contribution >= 4 is 0 Å². The standard InChI is InChI=1S/C10H20N4O/c1-9(8-15)4-3-5-11-6-10-7-14(2)13-12-10/h7,9,11,15H,3-6,8H2,1-2H3. The fourth-order valence-electron chi connectivity index (χ4n) is 1.36. The summed E-state index contributed by atoms with van der Waals surface area (Å²) >= 11 is 0. The number of aliphatic hydroxyl groups excluding tert-OH is 1. The molecule has 1 heterocycles. The van der Waals surface area contributed by atoms with Crippen LogP contribution in [0.1, 0.15) is 25.5 Å². The predicted octanol–water partition coefficient (Wildman–Crippen LogP) is 0.313. The minimum absolute atomic E-state index is 0.282. The minimum atomic E-state index is 0.282. The van der Waals surface area contributed by atoms with Crippen LogP contribution in [0.4, 0.5) is 0 Å². The molecule has 0 aliphatic heterocycles. The molecule has 1 aromatic rings. The summed E-state index contributed by atoms with van der Waals surface area (Å²) in [5.74, 6) is 0.406. The quantitative estimate of drug-likeness (QED) is 0.639. The molecule has 5 heteroatoms. The lowest BCUT2D eigenvalue weighted by Gasteiger charge is -2.07. The van der Waals surface area contributed by atoms with Crippen LogP contribution in [0, 0.1) is 5.92 Å². The van der Waals surface area contributed by atoms with Gasteiger partial charge in [-0.2, -0.15) is 0 Å². The van der Waals surface area contributed by atoms with E-state index in [0.717, 1.165) is 31.6 Å². The van der Waals surface area contributed by atoms with Crippen LogP contribution in [-0.4, -0.2) is 33.3 Å². The molecule has 0 bridgehead atoms. The fraction of sp³-hybridized carbons (Fsp3) is 0.800. The highest BCUT2D eigenvalue weighted by Crippen LogP contribution is 2.02. The van der Waals surface area contributed by atoms with Gasteiger partial charge in [0.2, 0.25) is 0 Å². The topological polar surface area (TPSA) is 63.0 Å². The molecule has 1 aromatic heterocycles. The third-order valence-corrected chi connectivity index (χ3v) is 2.32. The van der Waals surface area contributed by atoms with Crippen LogP contribution >= 0.6 is 0 Å². The maximum atomic E-state index is 8.83. The van der Waals surface area contributed by atoms with Crippen molar-refractivity contribution in [3.63, 3.8) is 0 Å². The van der Waals surface area contributed by atoms with Gasteiger partial charge in [-0.15, -0.1) is 5.10 Å². The second-order valence-electron chi connectivity index (χ2n) is 3.99. The normalized spacial score (nSPS) is 13.0. The van der Waals surface area contributed by atoms with Gasteiger partial charge in [-0.25, -0.2) is 0 Å². The van der Waals surface area contributed by atoms with Crippen LogP contribution in [0.15, 0.2) is 6.20 Å². The Morgan fingerprint density at radius 1 is 1.60 bits per heavy atom. The molecule has 86 valence electrons. The van der Waals surface area contributed by atoms with E-state index in [4.69, 9.17) is 5.11 Å². The minimum Gasteiger partial charge on any atom is -0.396 e. The smallest absolute Gasteiger partial charge is 0.0964 e. The average molecular weight is 212 g/mol. The molecule has 0 radical (unpaired) electrons. The van der Waals surface area contributed by atoms with E-state index in [1.807, 2.05) is 13.2 Å². The van der Waals surface area contributed by atoms with E-state index in [2.05, 4.69) is 22.6 Å². The highest BCUT2D eigenvalue weighted by atomic mass is 16.3.